The van der Waals surface area contributed by atoms with E-state index in [1.165, 1.54) is 0 Å². The fraction of sp³-hybridized carbons (Fsp3) is 0.308. The fourth-order valence-electron chi connectivity index (χ4n) is 2.08. The minimum absolute atomic E-state index is 0.0267. The van der Waals surface area contributed by atoms with E-state index in [4.69, 9.17) is 23.2 Å². The molecule has 0 aliphatic carbocycles. The molecule has 1 amide bonds. The Hall–Kier alpha value is -1.19. The molecule has 0 radical (unpaired) electrons. The Balaban J connectivity index is 2.20. The summed E-state index contributed by atoms with van der Waals surface area (Å²) in [5.74, 6) is 0.0267. The van der Waals surface area contributed by atoms with Gasteiger partial charge in [0.2, 0.25) is 5.91 Å². The van der Waals surface area contributed by atoms with Gasteiger partial charge in [-0.1, -0.05) is 29.8 Å². The Morgan fingerprint density at radius 1 is 1.39 bits per heavy atom. The van der Waals surface area contributed by atoms with E-state index in [2.05, 4.69) is 11.9 Å². The van der Waals surface area contributed by atoms with Gasteiger partial charge in [0.25, 0.3) is 0 Å². The third-order valence-corrected chi connectivity index (χ3v) is 3.86. The van der Waals surface area contributed by atoms with Crippen LogP contribution < -0.4 is 10.2 Å². The largest absolute Gasteiger partial charge is 0.366 e. The minimum Gasteiger partial charge on any atom is -0.366 e. The molecule has 2 rings (SSSR count). The van der Waals surface area contributed by atoms with Crippen molar-refractivity contribution in [1.29, 1.82) is 0 Å². The summed E-state index contributed by atoms with van der Waals surface area (Å²) >= 11 is 11.9. The predicted octanol–water partition coefficient (Wildman–Crippen LogP) is 3.22. The first kappa shape index (κ1) is 13.2. The van der Waals surface area contributed by atoms with E-state index in [1.54, 1.807) is 6.07 Å². The number of rotatable bonds is 2. The van der Waals surface area contributed by atoms with Gasteiger partial charge in [-0.05, 0) is 24.6 Å². The van der Waals surface area contributed by atoms with E-state index in [-0.39, 0.29) is 11.9 Å². The number of hydrogen-bond acceptors (Lipinski definition) is 2. The van der Waals surface area contributed by atoms with Crippen molar-refractivity contribution in [2.75, 3.05) is 11.9 Å². The van der Waals surface area contributed by atoms with Gasteiger partial charge < -0.3 is 10.2 Å². The number of benzene rings is 1. The molecule has 1 aromatic carbocycles. The highest BCUT2D eigenvalue weighted by Crippen LogP contribution is 2.29. The third kappa shape index (κ3) is 2.62. The van der Waals surface area contributed by atoms with Crippen molar-refractivity contribution in [2.45, 2.75) is 18.9 Å². The molecule has 3 nitrogen and oxygen atoms in total. The standard InChI is InChI=1S/C13H14Cl2N2O/c1-8-12(5-6-13(18)16-8)17(2)9-3-4-10(14)11(15)7-9/h3-4,7,12H,1,5-6H2,2H3,(H,16,18). The van der Waals surface area contributed by atoms with Crippen LogP contribution in [-0.2, 0) is 4.79 Å². The van der Waals surface area contributed by atoms with Gasteiger partial charge in [0.1, 0.15) is 0 Å². The van der Waals surface area contributed by atoms with Gasteiger partial charge in [0.05, 0.1) is 16.1 Å². The summed E-state index contributed by atoms with van der Waals surface area (Å²) in [4.78, 5) is 13.3. The lowest BCUT2D eigenvalue weighted by atomic mass is 10.0. The van der Waals surface area contributed by atoms with Gasteiger partial charge >= 0.3 is 0 Å². The molecule has 1 aromatic rings. The van der Waals surface area contributed by atoms with Crippen LogP contribution in [0.15, 0.2) is 30.5 Å². The quantitative estimate of drug-likeness (QED) is 0.904. The molecule has 96 valence electrons. The van der Waals surface area contributed by atoms with Crippen LogP contribution in [0.25, 0.3) is 0 Å². The smallest absolute Gasteiger partial charge is 0.224 e. The molecule has 1 aliphatic rings. The normalized spacial score (nSPS) is 19.6. The summed E-state index contributed by atoms with van der Waals surface area (Å²) in [5, 5.41) is 3.82. The molecule has 0 aromatic heterocycles. The first-order chi connectivity index (χ1) is 8.49. The lowest BCUT2D eigenvalue weighted by Gasteiger charge is -2.34. The summed E-state index contributed by atoms with van der Waals surface area (Å²) in [6.45, 7) is 3.90. The number of hydrogen-bond donors (Lipinski definition) is 1. The number of likely N-dealkylation sites (N-methyl/N-ethyl adjacent to an activating group) is 1. The average Bonchev–Trinajstić information content (AvgIpc) is 2.32. The van der Waals surface area contributed by atoms with Crippen LogP contribution in [-0.4, -0.2) is 19.0 Å². The maximum absolute atomic E-state index is 11.2. The molecule has 1 unspecified atom stereocenters. The van der Waals surface area contributed by atoms with Gasteiger partial charge in [-0.15, -0.1) is 0 Å². The maximum Gasteiger partial charge on any atom is 0.224 e. The van der Waals surface area contributed by atoms with Crippen LogP contribution in [0.3, 0.4) is 0 Å². The second kappa shape index (κ2) is 5.21. The van der Waals surface area contributed by atoms with Crippen molar-refractivity contribution < 1.29 is 4.79 Å². The molecule has 1 atom stereocenters. The van der Waals surface area contributed by atoms with Crippen molar-refractivity contribution in [3.05, 3.63) is 40.5 Å². The topological polar surface area (TPSA) is 32.3 Å². The van der Waals surface area contributed by atoms with E-state index < -0.39 is 0 Å². The number of carbonyl (C=O) groups excluding carboxylic acids is 1. The summed E-state index contributed by atoms with van der Waals surface area (Å²) in [6.07, 6.45) is 1.26. The molecule has 1 aliphatic heterocycles. The van der Waals surface area contributed by atoms with Crippen LogP contribution in [0.4, 0.5) is 5.69 Å². The lowest BCUT2D eigenvalue weighted by Crippen LogP contribution is -2.44. The molecule has 1 saturated heterocycles. The van der Waals surface area contributed by atoms with E-state index in [1.807, 2.05) is 24.1 Å². The summed E-state index contributed by atoms with van der Waals surface area (Å²) in [7, 11) is 1.95. The third-order valence-electron chi connectivity index (χ3n) is 3.13. The second-order valence-corrected chi connectivity index (χ2v) is 5.15. The molecule has 1 N–H and O–H groups in total. The van der Waals surface area contributed by atoms with Crippen LogP contribution in [0, 0.1) is 0 Å². The fourth-order valence-corrected chi connectivity index (χ4v) is 2.37. The number of amides is 1. The Morgan fingerprint density at radius 2 is 2.11 bits per heavy atom. The highest BCUT2D eigenvalue weighted by atomic mass is 35.5. The van der Waals surface area contributed by atoms with E-state index >= 15 is 0 Å². The van der Waals surface area contributed by atoms with E-state index in [9.17, 15) is 4.79 Å². The molecular weight excluding hydrogens is 271 g/mol. The van der Waals surface area contributed by atoms with Gasteiger partial charge in [0.15, 0.2) is 0 Å². The molecule has 1 heterocycles. The summed E-state index contributed by atoms with van der Waals surface area (Å²) < 4.78 is 0. The number of nitrogens with zero attached hydrogens (tertiary/aromatic N) is 1. The Labute approximate surface area is 116 Å². The monoisotopic (exact) mass is 284 g/mol. The number of piperidine rings is 1. The molecule has 1 fully saturated rings. The number of nitrogens with one attached hydrogen (secondary N) is 1. The predicted molar refractivity (Wildman–Crippen MR) is 75.2 cm³/mol. The van der Waals surface area contributed by atoms with E-state index in [0.29, 0.717) is 16.5 Å². The van der Waals surface area contributed by atoms with Crippen LogP contribution in [0.2, 0.25) is 10.0 Å². The van der Waals surface area contributed by atoms with Gasteiger partial charge in [0, 0.05) is 24.9 Å². The Morgan fingerprint density at radius 3 is 2.72 bits per heavy atom. The molecule has 18 heavy (non-hydrogen) atoms. The highest BCUT2D eigenvalue weighted by molar-refractivity contribution is 6.42. The van der Waals surface area contributed by atoms with Crippen LogP contribution >= 0.6 is 23.2 Å². The van der Waals surface area contributed by atoms with Crippen LogP contribution in [0.1, 0.15) is 12.8 Å². The summed E-state index contributed by atoms with van der Waals surface area (Å²) in [6, 6.07) is 5.56. The van der Waals surface area contributed by atoms with E-state index in [0.717, 1.165) is 17.8 Å². The van der Waals surface area contributed by atoms with Crippen molar-refractivity contribution in [2.24, 2.45) is 0 Å². The SMILES string of the molecule is C=C1NC(=O)CCC1N(C)c1ccc(Cl)c(Cl)c1. The molecule has 0 bridgehead atoms. The Kier molecular flexibility index (Phi) is 3.83. The first-order valence-corrected chi connectivity index (χ1v) is 6.41. The Bertz CT molecular complexity index is 502. The van der Waals surface area contributed by atoms with Crippen molar-refractivity contribution in [1.82, 2.24) is 5.32 Å². The average molecular weight is 285 g/mol. The number of anilines is 1. The second-order valence-electron chi connectivity index (χ2n) is 4.34. The molecule has 0 saturated carbocycles. The summed E-state index contributed by atoms with van der Waals surface area (Å²) in [5.41, 5.74) is 1.67. The first-order valence-electron chi connectivity index (χ1n) is 5.65. The molecule has 0 spiro atoms. The number of halogens is 2. The zero-order valence-corrected chi connectivity index (χ0v) is 11.6. The zero-order chi connectivity index (χ0) is 13.3. The van der Waals surface area contributed by atoms with Crippen LogP contribution in [0.5, 0.6) is 0 Å². The molecule has 5 heteroatoms. The van der Waals surface area contributed by atoms with Crippen molar-refractivity contribution >= 4 is 34.8 Å². The molecular formula is C13H14Cl2N2O. The number of carbonyl (C=O) groups is 1. The van der Waals surface area contributed by atoms with Crippen molar-refractivity contribution in [3.63, 3.8) is 0 Å². The zero-order valence-electron chi connectivity index (χ0n) is 10.0. The van der Waals surface area contributed by atoms with Crippen molar-refractivity contribution in [3.8, 4) is 0 Å². The minimum atomic E-state index is 0.0267. The highest BCUT2D eigenvalue weighted by Gasteiger charge is 2.25. The van der Waals surface area contributed by atoms with Gasteiger partial charge in [-0.2, -0.15) is 0 Å². The lowest BCUT2D eigenvalue weighted by molar-refractivity contribution is -0.121. The van der Waals surface area contributed by atoms with Gasteiger partial charge in [-0.3, -0.25) is 4.79 Å². The van der Waals surface area contributed by atoms with Gasteiger partial charge in [-0.25, -0.2) is 0 Å². The maximum atomic E-state index is 11.2.